The first-order chi connectivity index (χ1) is 8.36. The van der Waals surface area contributed by atoms with E-state index < -0.39 is 6.10 Å². The van der Waals surface area contributed by atoms with Crippen LogP contribution in [0.15, 0.2) is 48.2 Å². The predicted octanol–water partition coefficient (Wildman–Crippen LogP) is 2.77. The molecule has 0 aliphatic heterocycles. The second-order valence-corrected chi connectivity index (χ2v) is 4.64. The van der Waals surface area contributed by atoms with E-state index in [-0.39, 0.29) is 0 Å². The molecule has 0 radical (unpaired) electrons. The minimum absolute atomic E-state index is 0.577. The van der Waals surface area contributed by atoms with E-state index >= 15 is 0 Å². The third-order valence-corrected chi connectivity index (χ3v) is 3.65. The van der Waals surface area contributed by atoms with Crippen LogP contribution in [0.1, 0.15) is 17.4 Å². The lowest BCUT2D eigenvalue weighted by Gasteiger charge is -2.10. The van der Waals surface area contributed by atoms with E-state index in [0.29, 0.717) is 5.69 Å². The number of benzene rings is 1. The molecule has 1 aromatic carbocycles. The number of thiophene rings is 1. The van der Waals surface area contributed by atoms with Crippen molar-refractivity contribution in [3.05, 3.63) is 59.5 Å². The zero-order chi connectivity index (χ0) is 11.7. The zero-order valence-corrected chi connectivity index (χ0v) is 9.76. The Morgan fingerprint density at radius 2 is 2.12 bits per heavy atom. The zero-order valence-electron chi connectivity index (χ0n) is 8.95. The molecule has 2 heterocycles. The summed E-state index contributed by atoms with van der Waals surface area (Å²) in [6.45, 7) is 0. The van der Waals surface area contributed by atoms with Crippen LogP contribution in [0, 0.1) is 0 Å². The summed E-state index contributed by atoms with van der Waals surface area (Å²) in [6.07, 6.45) is 4.07. The summed E-state index contributed by atoms with van der Waals surface area (Å²) < 4.78 is 1.10. The lowest BCUT2D eigenvalue weighted by atomic mass is 10.1. The first-order valence-corrected chi connectivity index (χ1v) is 6.14. The van der Waals surface area contributed by atoms with Crippen LogP contribution in [-0.4, -0.2) is 15.1 Å². The molecular formula is C13H10N2OS. The molecule has 3 aromatic rings. The molecule has 0 saturated carbocycles. The number of aromatic nitrogens is 2. The molecule has 3 rings (SSSR count). The van der Waals surface area contributed by atoms with E-state index in [4.69, 9.17) is 0 Å². The Balaban J connectivity index is 2.13. The molecule has 1 atom stereocenters. The topological polar surface area (TPSA) is 46.0 Å². The first-order valence-electron chi connectivity index (χ1n) is 5.26. The maximum atomic E-state index is 10.3. The Bertz CT molecular complexity index is 636. The number of fused-ring (bicyclic) bond motifs is 1. The van der Waals surface area contributed by atoms with Crippen molar-refractivity contribution >= 4 is 21.4 Å². The Morgan fingerprint density at radius 1 is 1.18 bits per heavy atom. The van der Waals surface area contributed by atoms with E-state index in [0.717, 1.165) is 15.6 Å². The van der Waals surface area contributed by atoms with Crippen molar-refractivity contribution in [2.45, 2.75) is 6.10 Å². The van der Waals surface area contributed by atoms with Crippen molar-refractivity contribution in [1.29, 1.82) is 0 Å². The highest BCUT2D eigenvalue weighted by Gasteiger charge is 2.15. The number of nitrogens with zero attached hydrogens (tertiary/aromatic N) is 2. The van der Waals surface area contributed by atoms with Crippen LogP contribution in [0.25, 0.3) is 10.1 Å². The molecule has 0 amide bonds. The maximum Gasteiger partial charge on any atom is 0.124 e. The predicted molar refractivity (Wildman–Crippen MR) is 67.9 cm³/mol. The van der Waals surface area contributed by atoms with Gasteiger partial charge < -0.3 is 5.11 Å². The van der Waals surface area contributed by atoms with Crippen LogP contribution < -0.4 is 0 Å². The summed E-state index contributed by atoms with van der Waals surface area (Å²) in [6, 6.07) is 7.97. The summed E-state index contributed by atoms with van der Waals surface area (Å²) in [4.78, 5) is 8.12. The van der Waals surface area contributed by atoms with Gasteiger partial charge in [0.05, 0.1) is 11.9 Å². The first kappa shape index (κ1) is 10.4. The molecule has 0 aliphatic rings. The highest BCUT2D eigenvalue weighted by molar-refractivity contribution is 7.17. The summed E-state index contributed by atoms with van der Waals surface area (Å²) in [5, 5.41) is 13.5. The van der Waals surface area contributed by atoms with Crippen molar-refractivity contribution in [1.82, 2.24) is 9.97 Å². The standard InChI is InChI=1S/C13H10N2OS/c16-12(11-8-14-5-6-15-11)10-3-1-2-9-4-7-17-13(9)10/h1-8,12,16H. The van der Waals surface area contributed by atoms with E-state index in [1.165, 1.54) is 0 Å². The quantitative estimate of drug-likeness (QED) is 0.751. The van der Waals surface area contributed by atoms with Crippen molar-refractivity contribution in [2.75, 3.05) is 0 Å². The van der Waals surface area contributed by atoms with Gasteiger partial charge in [0, 0.05) is 22.7 Å². The number of hydrogen-bond donors (Lipinski definition) is 1. The van der Waals surface area contributed by atoms with E-state index in [1.807, 2.05) is 29.6 Å². The average molecular weight is 242 g/mol. The van der Waals surface area contributed by atoms with Gasteiger partial charge in [0.1, 0.15) is 6.10 Å². The van der Waals surface area contributed by atoms with Crippen molar-refractivity contribution < 1.29 is 5.11 Å². The fraction of sp³-hybridized carbons (Fsp3) is 0.0769. The van der Waals surface area contributed by atoms with Crippen LogP contribution in [-0.2, 0) is 0 Å². The highest BCUT2D eigenvalue weighted by Crippen LogP contribution is 2.31. The summed E-state index contributed by atoms with van der Waals surface area (Å²) in [5.41, 5.74) is 1.46. The van der Waals surface area contributed by atoms with Crippen LogP contribution in [0.4, 0.5) is 0 Å². The molecular weight excluding hydrogens is 232 g/mol. The molecule has 84 valence electrons. The van der Waals surface area contributed by atoms with Gasteiger partial charge in [0.2, 0.25) is 0 Å². The minimum Gasteiger partial charge on any atom is -0.382 e. The Labute approximate surface area is 102 Å². The van der Waals surface area contributed by atoms with Gasteiger partial charge >= 0.3 is 0 Å². The van der Waals surface area contributed by atoms with Crippen LogP contribution >= 0.6 is 11.3 Å². The number of rotatable bonds is 2. The Morgan fingerprint density at radius 3 is 2.94 bits per heavy atom. The van der Waals surface area contributed by atoms with Crippen LogP contribution in [0.5, 0.6) is 0 Å². The van der Waals surface area contributed by atoms with Gasteiger partial charge in [-0.1, -0.05) is 18.2 Å². The van der Waals surface area contributed by atoms with Crippen LogP contribution in [0.3, 0.4) is 0 Å². The van der Waals surface area contributed by atoms with Crippen LogP contribution in [0.2, 0.25) is 0 Å². The van der Waals surface area contributed by atoms with E-state index in [2.05, 4.69) is 9.97 Å². The number of hydrogen-bond acceptors (Lipinski definition) is 4. The van der Waals surface area contributed by atoms with Gasteiger partial charge in [-0.3, -0.25) is 9.97 Å². The fourth-order valence-electron chi connectivity index (χ4n) is 1.84. The fourth-order valence-corrected chi connectivity index (χ4v) is 2.78. The second-order valence-electron chi connectivity index (χ2n) is 3.72. The molecule has 0 spiro atoms. The van der Waals surface area contributed by atoms with Gasteiger partial charge in [-0.05, 0) is 16.8 Å². The molecule has 1 unspecified atom stereocenters. The minimum atomic E-state index is -0.717. The van der Waals surface area contributed by atoms with E-state index in [9.17, 15) is 5.11 Å². The van der Waals surface area contributed by atoms with Gasteiger partial charge in [0.15, 0.2) is 0 Å². The summed E-state index contributed by atoms with van der Waals surface area (Å²) in [7, 11) is 0. The van der Waals surface area contributed by atoms with Crippen molar-refractivity contribution in [3.63, 3.8) is 0 Å². The molecule has 0 bridgehead atoms. The smallest absolute Gasteiger partial charge is 0.124 e. The summed E-state index contributed by atoms with van der Waals surface area (Å²) >= 11 is 1.63. The number of aliphatic hydroxyl groups excluding tert-OH is 1. The van der Waals surface area contributed by atoms with Gasteiger partial charge in [-0.15, -0.1) is 11.3 Å². The molecule has 4 heteroatoms. The molecule has 3 nitrogen and oxygen atoms in total. The molecule has 1 N–H and O–H groups in total. The number of aliphatic hydroxyl groups is 1. The highest BCUT2D eigenvalue weighted by atomic mass is 32.1. The SMILES string of the molecule is OC(c1cnccn1)c1cccc2ccsc12. The Kier molecular flexibility index (Phi) is 2.59. The van der Waals surface area contributed by atoms with Crippen molar-refractivity contribution in [2.24, 2.45) is 0 Å². The largest absolute Gasteiger partial charge is 0.382 e. The molecule has 2 aromatic heterocycles. The third-order valence-electron chi connectivity index (χ3n) is 2.67. The molecule has 0 saturated heterocycles. The summed E-state index contributed by atoms with van der Waals surface area (Å²) in [5.74, 6) is 0. The van der Waals surface area contributed by atoms with Gasteiger partial charge in [-0.25, -0.2) is 0 Å². The Hall–Kier alpha value is -1.78. The van der Waals surface area contributed by atoms with Gasteiger partial charge in [-0.2, -0.15) is 0 Å². The molecule has 0 fully saturated rings. The lowest BCUT2D eigenvalue weighted by Crippen LogP contribution is -2.02. The van der Waals surface area contributed by atoms with Gasteiger partial charge in [0.25, 0.3) is 0 Å². The normalized spacial score (nSPS) is 12.8. The molecule has 0 aliphatic carbocycles. The monoisotopic (exact) mass is 242 g/mol. The van der Waals surface area contributed by atoms with Crippen molar-refractivity contribution in [3.8, 4) is 0 Å². The average Bonchev–Trinajstić information content (AvgIpc) is 2.87. The second kappa shape index (κ2) is 4.24. The molecule has 17 heavy (non-hydrogen) atoms. The maximum absolute atomic E-state index is 10.3. The van der Waals surface area contributed by atoms with E-state index in [1.54, 1.807) is 29.9 Å². The third kappa shape index (κ3) is 1.81. The lowest BCUT2D eigenvalue weighted by molar-refractivity contribution is 0.216.